The summed E-state index contributed by atoms with van der Waals surface area (Å²) in [6.07, 6.45) is 4.45. The average molecular weight is 180 g/mol. The van der Waals surface area contributed by atoms with E-state index >= 15 is 0 Å². The molecule has 0 unspecified atom stereocenters. The fourth-order valence-electron chi connectivity index (χ4n) is 1.33. The van der Waals surface area contributed by atoms with E-state index in [0.29, 0.717) is 5.41 Å². The van der Waals surface area contributed by atoms with E-state index in [1.807, 2.05) is 11.6 Å². The number of nitrogens with zero attached hydrogens (tertiary/aromatic N) is 3. The maximum Gasteiger partial charge on any atom is 0.146 e. The molecule has 4 nitrogen and oxygen atoms in total. The first kappa shape index (κ1) is 8.69. The quantitative estimate of drug-likeness (QED) is 0.742. The Morgan fingerprint density at radius 1 is 1.62 bits per heavy atom. The van der Waals surface area contributed by atoms with Gasteiger partial charge in [0.05, 0.1) is 6.54 Å². The highest BCUT2D eigenvalue weighted by atomic mass is 15.3. The molecule has 4 heteroatoms. The molecule has 1 aliphatic carbocycles. The molecular formula is C9H16N4. The average Bonchev–Trinajstić information content (AvgIpc) is 2.68. The molecule has 1 saturated carbocycles. The van der Waals surface area contributed by atoms with Crippen molar-refractivity contribution in [2.24, 2.45) is 12.5 Å². The topological polar surface area (TPSA) is 42.7 Å². The molecule has 1 aromatic rings. The van der Waals surface area contributed by atoms with Crippen LogP contribution in [0, 0.1) is 5.41 Å². The van der Waals surface area contributed by atoms with Gasteiger partial charge in [-0.15, -0.1) is 10.2 Å². The van der Waals surface area contributed by atoms with Gasteiger partial charge in [-0.25, -0.2) is 0 Å². The molecule has 0 saturated heterocycles. The van der Waals surface area contributed by atoms with E-state index in [4.69, 9.17) is 0 Å². The predicted octanol–water partition coefficient (Wildman–Crippen LogP) is 0.705. The summed E-state index contributed by atoms with van der Waals surface area (Å²) >= 11 is 0. The molecule has 0 amide bonds. The minimum atomic E-state index is 0.568. The van der Waals surface area contributed by atoms with Crippen LogP contribution in [0.25, 0.3) is 0 Å². The van der Waals surface area contributed by atoms with Gasteiger partial charge in [0.15, 0.2) is 0 Å². The molecule has 0 atom stereocenters. The largest absolute Gasteiger partial charge is 0.320 e. The molecule has 0 spiro atoms. The molecule has 1 aromatic heterocycles. The van der Waals surface area contributed by atoms with E-state index in [1.54, 1.807) is 6.33 Å². The van der Waals surface area contributed by atoms with Crippen molar-refractivity contribution in [1.82, 2.24) is 20.1 Å². The molecule has 2 rings (SSSR count). The zero-order valence-corrected chi connectivity index (χ0v) is 8.25. The standard InChI is InChI=1S/C9H16N4/c1-9(3-4-9)6-10-5-8-12-11-7-13(8)2/h7,10H,3-6H2,1-2H3. The highest BCUT2D eigenvalue weighted by molar-refractivity contribution is 4.91. The number of aryl methyl sites for hydroxylation is 1. The zero-order valence-electron chi connectivity index (χ0n) is 8.25. The fourth-order valence-corrected chi connectivity index (χ4v) is 1.33. The van der Waals surface area contributed by atoms with Gasteiger partial charge in [-0.3, -0.25) is 0 Å². The van der Waals surface area contributed by atoms with Gasteiger partial charge in [0.1, 0.15) is 12.2 Å². The highest BCUT2D eigenvalue weighted by Gasteiger charge is 2.36. The van der Waals surface area contributed by atoms with Crippen LogP contribution in [-0.2, 0) is 13.6 Å². The molecule has 72 valence electrons. The summed E-state index contributed by atoms with van der Waals surface area (Å²) in [5.74, 6) is 1.00. The Balaban J connectivity index is 1.77. The van der Waals surface area contributed by atoms with E-state index in [0.717, 1.165) is 18.9 Å². The van der Waals surface area contributed by atoms with Gasteiger partial charge in [0.25, 0.3) is 0 Å². The minimum Gasteiger partial charge on any atom is -0.320 e. The summed E-state index contributed by atoms with van der Waals surface area (Å²) in [4.78, 5) is 0. The molecule has 1 N–H and O–H groups in total. The van der Waals surface area contributed by atoms with Gasteiger partial charge in [0, 0.05) is 13.6 Å². The van der Waals surface area contributed by atoms with Gasteiger partial charge in [0.2, 0.25) is 0 Å². The second-order valence-electron chi connectivity index (χ2n) is 4.27. The van der Waals surface area contributed by atoms with Crippen molar-refractivity contribution in [2.75, 3.05) is 6.54 Å². The second kappa shape index (κ2) is 3.10. The number of aromatic nitrogens is 3. The number of hydrogen-bond donors (Lipinski definition) is 1. The maximum absolute atomic E-state index is 4.01. The molecule has 0 aromatic carbocycles. The van der Waals surface area contributed by atoms with Crippen molar-refractivity contribution in [3.63, 3.8) is 0 Å². The Bertz CT molecular complexity index is 288. The molecular weight excluding hydrogens is 164 g/mol. The van der Waals surface area contributed by atoms with E-state index in [-0.39, 0.29) is 0 Å². The lowest BCUT2D eigenvalue weighted by molar-refractivity contribution is 0.489. The van der Waals surface area contributed by atoms with Crippen LogP contribution in [0.4, 0.5) is 0 Å². The Labute approximate surface area is 78.4 Å². The summed E-state index contributed by atoms with van der Waals surface area (Å²) in [5, 5.41) is 11.2. The normalized spacial score (nSPS) is 18.9. The number of rotatable bonds is 4. The van der Waals surface area contributed by atoms with Crippen LogP contribution in [0.2, 0.25) is 0 Å². The van der Waals surface area contributed by atoms with Crippen LogP contribution in [0.3, 0.4) is 0 Å². The summed E-state index contributed by atoms with van der Waals surface area (Å²) in [6, 6.07) is 0. The van der Waals surface area contributed by atoms with Crippen LogP contribution in [0.1, 0.15) is 25.6 Å². The molecule has 1 heterocycles. The van der Waals surface area contributed by atoms with Crippen LogP contribution in [-0.4, -0.2) is 21.3 Å². The monoisotopic (exact) mass is 180 g/mol. The fraction of sp³-hybridized carbons (Fsp3) is 0.778. The maximum atomic E-state index is 4.01. The zero-order chi connectivity index (χ0) is 9.31. The minimum absolute atomic E-state index is 0.568. The molecule has 1 aliphatic rings. The van der Waals surface area contributed by atoms with E-state index in [1.165, 1.54) is 12.8 Å². The van der Waals surface area contributed by atoms with Gasteiger partial charge >= 0.3 is 0 Å². The van der Waals surface area contributed by atoms with Gasteiger partial charge < -0.3 is 9.88 Å². The summed E-state index contributed by atoms with van der Waals surface area (Å²) in [7, 11) is 1.97. The summed E-state index contributed by atoms with van der Waals surface area (Å²) in [6.45, 7) is 4.24. The van der Waals surface area contributed by atoms with Crippen molar-refractivity contribution >= 4 is 0 Å². The second-order valence-corrected chi connectivity index (χ2v) is 4.27. The van der Waals surface area contributed by atoms with E-state index < -0.39 is 0 Å². The molecule has 0 aliphatic heterocycles. The first-order chi connectivity index (χ1) is 6.20. The van der Waals surface area contributed by atoms with Crippen LogP contribution >= 0.6 is 0 Å². The Kier molecular flexibility index (Phi) is 2.07. The number of hydrogen-bond acceptors (Lipinski definition) is 3. The van der Waals surface area contributed by atoms with Crippen molar-refractivity contribution in [3.05, 3.63) is 12.2 Å². The van der Waals surface area contributed by atoms with Crippen LogP contribution in [0.5, 0.6) is 0 Å². The molecule has 1 fully saturated rings. The molecule has 13 heavy (non-hydrogen) atoms. The van der Waals surface area contributed by atoms with Crippen molar-refractivity contribution in [3.8, 4) is 0 Å². The van der Waals surface area contributed by atoms with Crippen LogP contribution in [0.15, 0.2) is 6.33 Å². The first-order valence-corrected chi connectivity index (χ1v) is 4.73. The number of nitrogens with one attached hydrogen (secondary N) is 1. The summed E-state index contributed by atoms with van der Waals surface area (Å²) < 4.78 is 1.95. The Morgan fingerprint density at radius 3 is 2.92 bits per heavy atom. The van der Waals surface area contributed by atoms with Gasteiger partial charge in [-0.2, -0.15) is 0 Å². The SMILES string of the molecule is Cn1cnnc1CNCC1(C)CC1. The third-order valence-electron chi connectivity index (χ3n) is 2.74. The van der Waals surface area contributed by atoms with Crippen molar-refractivity contribution in [1.29, 1.82) is 0 Å². The predicted molar refractivity (Wildman–Crippen MR) is 50.1 cm³/mol. The molecule has 0 bridgehead atoms. The Morgan fingerprint density at radius 2 is 2.38 bits per heavy atom. The lowest BCUT2D eigenvalue weighted by Crippen LogP contribution is -2.23. The lowest BCUT2D eigenvalue weighted by atomic mass is 10.1. The van der Waals surface area contributed by atoms with Crippen LogP contribution < -0.4 is 5.32 Å². The van der Waals surface area contributed by atoms with Crippen molar-refractivity contribution < 1.29 is 0 Å². The van der Waals surface area contributed by atoms with Crippen molar-refractivity contribution in [2.45, 2.75) is 26.3 Å². The summed E-state index contributed by atoms with van der Waals surface area (Å²) in [5.41, 5.74) is 0.568. The molecule has 0 radical (unpaired) electrons. The van der Waals surface area contributed by atoms with Gasteiger partial charge in [-0.05, 0) is 18.3 Å². The third kappa shape index (κ3) is 2.06. The smallest absolute Gasteiger partial charge is 0.146 e. The highest BCUT2D eigenvalue weighted by Crippen LogP contribution is 2.43. The third-order valence-corrected chi connectivity index (χ3v) is 2.74. The van der Waals surface area contributed by atoms with E-state index in [2.05, 4.69) is 22.4 Å². The lowest BCUT2D eigenvalue weighted by Gasteiger charge is -2.08. The van der Waals surface area contributed by atoms with E-state index in [9.17, 15) is 0 Å². The van der Waals surface area contributed by atoms with Gasteiger partial charge in [-0.1, -0.05) is 6.92 Å². The first-order valence-electron chi connectivity index (χ1n) is 4.73. The Hall–Kier alpha value is -0.900.